The second kappa shape index (κ2) is 8.09. The van der Waals surface area contributed by atoms with Crippen LogP contribution in [0.4, 0.5) is 5.00 Å². The van der Waals surface area contributed by atoms with E-state index in [-0.39, 0.29) is 18.3 Å². The van der Waals surface area contributed by atoms with E-state index in [0.717, 1.165) is 31.2 Å². The number of carbonyl (C=O) groups is 1. The van der Waals surface area contributed by atoms with Gasteiger partial charge in [0.05, 0.1) is 5.56 Å². The van der Waals surface area contributed by atoms with Crippen LogP contribution in [0.25, 0.3) is 0 Å². The van der Waals surface area contributed by atoms with Crippen molar-refractivity contribution in [1.82, 2.24) is 0 Å². The molecule has 2 aromatic heterocycles. The second-order valence-corrected chi connectivity index (χ2v) is 8.03. The average Bonchev–Trinajstić information content (AvgIpc) is 3.31. The Balaban J connectivity index is 1.43. The molecule has 28 heavy (non-hydrogen) atoms. The molecular formula is C21H17ClN2O3S. The van der Waals surface area contributed by atoms with Gasteiger partial charge in [0.2, 0.25) is 0 Å². The summed E-state index contributed by atoms with van der Waals surface area (Å²) in [6.07, 6.45) is 4.08. The lowest BCUT2D eigenvalue weighted by Crippen LogP contribution is -2.11. The molecule has 1 aliphatic carbocycles. The van der Waals surface area contributed by atoms with Crippen LogP contribution in [0.15, 0.2) is 40.8 Å². The molecule has 1 amide bonds. The molecule has 1 N–H and O–H groups in total. The Kier molecular flexibility index (Phi) is 5.38. The molecule has 0 radical (unpaired) electrons. The van der Waals surface area contributed by atoms with E-state index in [9.17, 15) is 10.1 Å². The van der Waals surface area contributed by atoms with Crippen molar-refractivity contribution in [3.63, 3.8) is 0 Å². The van der Waals surface area contributed by atoms with Gasteiger partial charge in [0.1, 0.15) is 29.2 Å². The number of hydrogen-bond acceptors (Lipinski definition) is 5. The summed E-state index contributed by atoms with van der Waals surface area (Å²) in [7, 11) is 0. The minimum Gasteiger partial charge on any atom is -0.486 e. The summed E-state index contributed by atoms with van der Waals surface area (Å²) in [5.74, 6) is 1.01. The number of nitrogens with zero attached hydrogens (tertiary/aromatic N) is 1. The number of aryl methyl sites for hydroxylation is 1. The van der Waals surface area contributed by atoms with Gasteiger partial charge in [0.15, 0.2) is 5.76 Å². The van der Waals surface area contributed by atoms with Crippen molar-refractivity contribution in [3.05, 3.63) is 68.9 Å². The first-order valence-electron chi connectivity index (χ1n) is 8.97. The topological polar surface area (TPSA) is 75.3 Å². The van der Waals surface area contributed by atoms with Crippen molar-refractivity contribution >= 4 is 33.8 Å². The van der Waals surface area contributed by atoms with Gasteiger partial charge in [-0.1, -0.05) is 11.6 Å². The van der Waals surface area contributed by atoms with Gasteiger partial charge in [-0.15, -0.1) is 11.3 Å². The Hall–Kier alpha value is -2.75. The lowest BCUT2D eigenvalue weighted by atomic mass is 9.96. The summed E-state index contributed by atoms with van der Waals surface area (Å²) in [5.41, 5.74) is 1.68. The molecule has 0 atom stereocenters. The van der Waals surface area contributed by atoms with Crippen LogP contribution in [0.3, 0.4) is 0 Å². The van der Waals surface area contributed by atoms with Crippen LogP contribution >= 0.6 is 22.9 Å². The number of carbonyl (C=O) groups excluding carboxylic acids is 1. The molecule has 0 bridgehead atoms. The van der Waals surface area contributed by atoms with Gasteiger partial charge in [-0.3, -0.25) is 4.79 Å². The molecule has 2 heterocycles. The molecule has 0 spiro atoms. The monoisotopic (exact) mass is 412 g/mol. The minimum atomic E-state index is -0.368. The van der Waals surface area contributed by atoms with E-state index in [1.807, 2.05) is 0 Å². The van der Waals surface area contributed by atoms with Gasteiger partial charge < -0.3 is 14.5 Å². The van der Waals surface area contributed by atoms with E-state index in [1.165, 1.54) is 16.2 Å². The summed E-state index contributed by atoms with van der Waals surface area (Å²) in [4.78, 5) is 13.8. The van der Waals surface area contributed by atoms with Crippen molar-refractivity contribution in [1.29, 1.82) is 5.26 Å². The highest BCUT2D eigenvalue weighted by molar-refractivity contribution is 7.16. The lowest BCUT2D eigenvalue weighted by Gasteiger charge is -2.09. The van der Waals surface area contributed by atoms with E-state index in [4.69, 9.17) is 20.8 Å². The molecule has 0 saturated carbocycles. The summed E-state index contributed by atoms with van der Waals surface area (Å²) < 4.78 is 11.2. The number of fused-ring (bicyclic) bond motifs is 1. The molecule has 1 aromatic carbocycles. The van der Waals surface area contributed by atoms with Crippen molar-refractivity contribution < 1.29 is 13.9 Å². The zero-order valence-electron chi connectivity index (χ0n) is 15.0. The minimum absolute atomic E-state index is 0.185. The first kappa shape index (κ1) is 18.6. The highest BCUT2D eigenvalue weighted by Crippen LogP contribution is 2.37. The Bertz CT molecular complexity index is 1050. The van der Waals surface area contributed by atoms with Gasteiger partial charge >= 0.3 is 0 Å². The van der Waals surface area contributed by atoms with E-state index >= 15 is 0 Å². The zero-order valence-corrected chi connectivity index (χ0v) is 16.5. The number of amides is 1. The fourth-order valence-electron chi connectivity index (χ4n) is 3.20. The first-order chi connectivity index (χ1) is 13.6. The van der Waals surface area contributed by atoms with E-state index in [0.29, 0.717) is 27.1 Å². The lowest BCUT2D eigenvalue weighted by molar-refractivity contribution is 0.0993. The number of nitriles is 1. The molecule has 0 aliphatic heterocycles. The van der Waals surface area contributed by atoms with Crippen LogP contribution in [0.1, 0.15) is 45.2 Å². The average molecular weight is 413 g/mol. The van der Waals surface area contributed by atoms with Crippen LogP contribution in [0.2, 0.25) is 5.02 Å². The molecular weight excluding hydrogens is 396 g/mol. The third-order valence-electron chi connectivity index (χ3n) is 4.59. The second-order valence-electron chi connectivity index (χ2n) is 6.49. The molecule has 4 rings (SSSR count). The Morgan fingerprint density at radius 1 is 1.21 bits per heavy atom. The number of benzene rings is 1. The van der Waals surface area contributed by atoms with Gasteiger partial charge in [0, 0.05) is 9.90 Å². The third-order valence-corrected chi connectivity index (χ3v) is 6.05. The van der Waals surface area contributed by atoms with Gasteiger partial charge in [-0.25, -0.2) is 0 Å². The molecule has 7 heteroatoms. The standard InChI is InChI=1S/C21H17ClN2O3S/c22-13-5-7-14(8-6-13)26-12-15-9-10-18(27-15)20(25)24-21-17(11-23)16-3-1-2-4-19(16)28-21/h5-10H,1-4,12H2,(H,24,25). The Labute approximate surface area is 171 Å². The molecule has 5 nitrogen and oxygen atoms in total. The number of furan rings is 1. The van der Waals surface area contributed by atoms with Crippen LogP contribution in [0.5, 0.6) is 5.75 Å². The van der Waals surface area contributed by atoms with Crippen molar-refractivity contribution in [2.45, 2.75) is 32.3 Å². The third kappa shape index (κ3) is 3.91. The maximum atomic E-state index is 12.6. The maximum absolute atomic E-state index is 12.6. The summed E-state index contributed by atoms with van der Waals surface area (Å²) in [6, 6.07) is 12.6. The number of rotatable bonds is 5. The van der Waals surface area contributed by atoms with Crippen molar-refractivity contribution in [2.24, 2.45) is 0 Å². The fourth-order valence-corrected chi connectivity index (χ4v) is 4.56. The van der Waals surface area contributed by atoms with Crippen LogP contribution < -0.4 is 10.1 Å². The summed E-state index contributed by atoms with van der Waals surface area (Å²) >= 11 is 7.34. The number of hydrogen-bond donors (Lipinski definition) is 1. The Morgan fingerprint density at radius 3 is 2.79 bits per heavy atom. The first-order valence-corrected chi connectivity index (χ1v) is 10.2. The predicted octanol–water partition coefficient (Wildman–Crippen LogP) is 5.58. The Morgan fingerprint density at radius 2 is 2.00 bits per heavy atom. The number of halogens is 1. The highest BCUT2D eigenvalue weighted by atomic mass is 35.5. The van der Waals surface area contributed by atoms with Crippen molar-refractivity contribution in [3.8, 4) is 11.8 Å². The predicted molar refractivity (Wildman–Crippen MR) is 108 cm³/mol. The molecule has 142 valence electrons. The normalized spacial score (nSPS) is 12.9. The van der Waals surface area contributed by atoms with Crippen molar-refractivity contribution in [2.75, 3.05) is 5.32 Å². The molecule has 0 saturated heterocycles. The van der Waals surface area contributed by atoms with Crippen LogP contribution in [-0.4, -0.2) is 5.91 Å². The molecule has 0 fully saturated rings. The molecule has 0 unspecified atom stereocenters. The highest BCUT2D eigenvalue weighted by Gasteiger charge is 2.23. The quantitative estimate of drug-likeness (QED) is 0.593. The van der Waals surface area contributed by atoms with Gasteiger partial charge in [-0.05, 0) is 67.6 Å². The fraction of sp³-hybridized carbons (Fsp3) is 0.238. The number of nitrogens with one attached hydrogen (secondary N) is 1. The van der Waals surface area contributed by atoms with Crippen LogP contribution in [0, 0.1) is 11.3 Å². The van der Waals surface area contributed by atoms with Gasteiger partial charge in [0.25, 0.3) is 5.91 Å². The van der Waals surface area contributed by atoms with E-state index < -0.39 is 0 Å². The van der Waals surface area contributed by atoms with E-state index in [1.54, 1.807) is 36.4 Å². The SMILES string of the molecule is N#Cc1c(NC(=O)c2ccc(COc3ccc(Cl)cc3)o2)sc2c1CCCC2. The zero-order chi connectivity index (χ0) is 19.5. The number of thiophene rings is 1. The molecule has 1 aliphatic rings. The maximum Gasteiger partial charge on any atom is 0.292 e. The number of anilines is 1. The van der Waals surface area contributed by atoms with E-state index in [2.05, 4.69) is 11.4 Å². The van der Waals surface area contributed by atoms with Gasteiger partial charge in [-0.2, -0.15) is 5.26 Å². The largest absolute Gasteiger partial charge is 0.486 e. The summed E-state index contributed by atoms with van der Waals surface area (Å²) in [5, 5.41) is 13.6. The number of ether oxygens (including phenoxy) is 1. The summed E-state index contributed by atoms with van der Waals surface area (Å²) in [6.45, 7) is 0.200. The molecule has 3 aromatic rings. The van der Waals surface area contributed by atoms with Crippen LogP contribution in [-0.2, 0) is 19.4 Å². The smallest absolute Gasteiger partial charge is 0.292 e.